The van der Waals surface area contributed by atoms with E-state index in [0.29, 0.717) is 12.1 Å². The van der Waals surface area contributed by atoms with Gasteiger partial charge in [0.25, 0.3) is 5.91 Å². The number of anilines is 1. The lowest BCUT2D eigenvalue weighted by Gasteiger charge is -2.29. The molecule has 0 saturated heterocycles. The Morgan fingerprint density at radius 1 is 1.04 bits per heavy atom. The van der Waals surface area contributed by atoms with E-state index in [9.17, 15) is 13.2 Å². The molecule has 0 atom stereocenters. The van der Waals surface area contributed by atoms with Crippen molar-refractivity contribution in [2.75, 3.05) is 11.4 Å². The Kier molecular flexibility index (Phi) is 5.30. The van der Waals surface area contributed by atoms with Gasteiger partial charge in [-0.05, 0) is 60.2 Å². The highest BCUT2D eigenvalue weighted by atomic mass is 32.2. The van der Waals surface area contributed by atoms with Gasteiger partial charge in [-0.15, -0.1) is 11.3 Å². The third kappa shape index (κ3) is 3.87. The second-order valence-electron chi connectivity index (χ2n) is 6.62. The van der Waals surface area contributed by atoms with Crippen molar-refractivity contribution in [3.8, 4) is 0 Å². The van der Waals surface area contributed by atoms with Crippen LogP contribution in [-0.2, 0) is 23.0 Å². The summed E-state index contributed by atoms with van der Waals surface area (Å²) in [6, 6.07) is 17.8. The average Bonchev–Trinajstić information content (AvgIpc) is 3.25. The number of sulfonamides is 1. The van der Waals surface area contributed by atoms with Crippen LogP contribution in [0.2, 0.25) is 0 Å². The van der Waals surface area contributed by atoms with Gasteiger partial charge in [0, 0.05) is 29.2 Å². The molecule has 7 heteroatoms. The van der Waals surface area contributed by atoms with Crippen LogP contribution in [0.5, 0.6) is 0 Å². The summed E-state index contributed by atoms with van der Waals surface area (Å²) in [4.78, 5) is 15.8. The fourth-order valence-corrected chi connectivity index (χ4v) is 5.08. The molecule has 0 aliphatic carbocycles. The lowest BCUT2D eigenvalue weighted by Crippen LogP contribution is -2.35. The van der Waals surface area contributed by atoms with Gasteiger partial charge in [-0.25, -0.2) is 13.1 Å². The first-order chi connectivity index (χ1) is 13.5. The first kappa shape index (κ1) is 18.9. The van der Waals surface area contributed by atoms with E-state index in [0.717, 1.165) is 23.4 Å². The van der Waals surface area contributed by atoms with Crippen molar-refractivity contribution in [1.29, 1.82) is 0 Å². The normalized spacial score (nSPS) is 13.9. The molecule has 1 aliphatic rings. The summed E-state index contributed by atoms with van der Waals surface area (Å²) in [6.07, 6.45) is 1.88. The fraction of sp³-hybridized carbons (Fsp3) is 0.190. The maximum atomic E-state index is 13.0. The van der Waals surface area contributed by atoms with Gasteiger partial charge in [0.05, 0.1) is 4.90 Å². The third-order valence-corrected chi connectivity index (χ3v) is 7.08. The van der Waals surface area contributed by atoms with Gasteiger partial charge < -0.3 is 4.90 Å². The topological polar surface area (TPSA) is 66.5 Å². The minimum atomic E-state index is -3.62. The van der Waals surface area contributed by atoms with Crippen molar-refractivity contribution < 1.29 is 13.2 Å². The van der Waals surface area contributed by atoms with E-state index in [1.807, 2.05) is 41.8 Å². The molecule has 1 amide bonds. The highest BCUT2D eigenvalue weighted by molar-refractivity contribution is 7.89. The standard InChI is InChI=1S/C21H20N2O3S2/c24-21(23-13-3-6-16-5-1-2-8-20(16)23)17-9-11-19(12-10-17)28(25,26)22-15-18-7-4-14-27-18/h1-2,4-5,7-12,14,22H,3,6,13,15H2. The van der Waals surface area contributed by atoms with E-state index < -0.39 is 10.0 Å². The largest absolute Gasteiger partial charge is 0.308 e. The second kappa shape index (κ2) is 7.87. The molecule has 1 aromatic heterocycles. The lowest BCUT2D eigenvalue weighted by atomic mass is 10.0. The van der Waals surface area contributed by atoms with Crippen molar-refractivity contribution >= 4 is 33.0 Å². The molecule has 0 spiro atoms. The molecule has 0 fully saturated rings. The molecular weight excluding hydrogens is 392 g/mol. The zero-order chi connectivity index (χ0) is 19.6. The minimum absolute atomic E-state index is 0.109. The first-order valence-corrected chi connectivity index (χ1v) is 11.4. The van der Waals surface area contributed by atoms with Crippen molar-refractivity contribution in [3.63, 3.8) is 0 Å². The summed E-state index contributed by atoms with van der Waals surface area (Å²) in [7, 11) is -3.62. The van der Waals surface area contributed by atoms with E-state index in [4.69, 9.17) is 0 Å². The summed E-state index contributed by atoms with van der Waals surface area (Å²) in [5, 5.41) is 1.91. The van der Waals surface area contributed by atoms with Crippen LogP contribution in [0.3, 0.4) is 0 Å². The molecule has 0 radical (unpaired) electrons. The number of nitrogens with zero attached hydrogens (tertiary/aromatic N) is 1. The van der Waals surface area contributed by atoms with Crippen molar-refractivity contribution in [1.82, 2.24) is 4.72 Å². The predicted molar refractivity (Wildman–Crippen MR) is 111 cm³/mol. The highest BCUT2D eigenvalue weighted by Gasteiger charge is 2.23. The number of fused-ring (bicyclic) bond motifs is 1. The molecule has 5 nitrogen and oxygen atoms in total. The molecule has 4 rings (SSSR count). The van der Waals surface area contributed by atoms with Gasteiger partial charge in [0.2, 0.25) is 10.0 Å². The number of hydrogen-bond acceptors (Lipinski definition) is 4. The van der Waals surface area contributed by atoms with Gasteiger partial charge in [-0.1, -0.05) is 24.3 Å². The van der Waals surface area contributed by atoms with Crippen LogP contribution in [0, 0.1) is 0 Å². The number of thiophene rings is 1. The van der Waals surface area contributed by atoms with Crippen LogP contribution in [0.1, 0.15) is 27.2 Å². The van der Waals surface area contributed by atoms with Crippen LogP contribution in [-0.4, -0.2) is 20.9 Å². The number of aryl methyl sites for hydroxylation is 1. The summed E-state index contributed by atoms with van der Waals surface area (Å²) in [5.41, 5.74) is 2.58. The first-order valence-electron chi connectivity index (χ1n) is 9.06. The lowest BCUT2D eigenvalue weighted by molar-refractivity contribution is 0.0985. The molecule has 0 saturated carbocycles. The monoisotopic (exact) mass is 412 g/mol. The summed E-state index contributed by atoms with van der Waals surface area (Å²) in [5.74, 6) is -0.109. The molecule has 144 valence electrons. The second-order valence-corrected chi connectivity index (χ2v) is 9.42. The number of carbonyl (C=O) groups excluding carboxylic acids is 1. The Hall–Kier alpha value is -2.48. The van der Waals surface area contributed by atoms with Gasteiger partial charge >= 0.3 is 0 Å². The minimum Gasteiger partial charge on any atom is -0.308 e. The molecular formula is C21H20N2O3S2. The van der Waals surface area contributed by atoms with Crippen LogP contribution >= 0.6 is 11.3 Å². The Balaban J connectivity index is 1.51. The zero-order valence-electron chi connectivity index (χ0n) is 15.2. The third-order valence-electron chi connectivity index (χ3n) is 4.78. The number of rotatable bonds is 5. The quantitative estimate of drug-likeness (QED) is 0.693. The van der Waals surface area contributed by atoms with Gasteiger partial charge in [-0.2, -0.15) is 0 Å². The van der Waals surface area contributed by atoms with Crippen molar-refractivity contribution in [3.05, 3.63) is 82.0 Å². The highest BCUT2D eigenvalue weighted by Crippen LogP contribution is 2.28. The Bertz CT molecular complexity index is 1080. The Labute approximate surface area is 168 Å². The fourth-order valence-electron chi connectivity index (χ4n) is 3.34. The van der Waals surface area contributed by atoms with Gasteiger partial charge in [0.1, 0.15) is 0 Å². The molecule has 2 aromatic carbocycles. The van der Waals surface area contributed by atoms with Crippen molar-refractivity contribution in [2.45, 2.75) is 24.3 Å². The Morgan fingerprint density at radius 3 is 2.57 bits per heavy atom. The number of para-hydroxylation sites is 1. The molecule has 1 N–H and O–H groups in total. The predicted octanol–water partition coefficient (Wildman–Crippen LogP) is 3.82. The molecule has 0 unspecified atom stereocenters. The summed E-state index contributed by atoms with van der Waals surface area (Å²) < 4.78 is 27.5. The molecule has 1 aliphatic heterocycles. The van der Waals surface area contributed by atoms with Gasteiger partial charge in [-0.3, -0.25) is 4.79 Å². The number of benzene rings is 2. The van der Waals surface area contributed by atoms with E-state index in [1.165, 1.54) is 29.0 Å². The van der Waals surface area contributed by atoms with E-state index in [1.54, 1.807) is 17.0 Å². The van der Waals surface area contributed by atoms with Crippen LogP contribution < -0.4 is 9.62 Å². The number of hydrogen-bond donors (Lipinski definition) is 1. The van der Waals surface area contributed by atoms with Crippen molar-refractivity contribution in [2.24, 2.45) is 0 Å². The Morgan fingerprint density at radius 2 is 1.82 bits per heavy atom. The SMILES string of the molecule is O=C(c1ccc(S(=O)(=O)NCc2cccs2)cc1)N1CCCc2ccccc21. The molecule has 2 heterocycles. The van der Waals surface area contributed by atoms with Crippen LogP contribution in [0.4, 0.5) is 5.69 Å². The van der Waals surface area contributed by atoms with E-state index in [-0.39, 0.29) is 17.3 Å². The smallest absolute Gasteiger partial charge is 0.258 e. The average molecular weight is 413 g/mol. The number of amides is 1. The maximum Gasteiger partial charge on any atom is 0.258 e. The summed E-state index contributed by atoms with van der Waals surface area (Å²) >= 11 is 1.50. The summed E-state index contributed by atoms with van der Waals surface area (Å²) in [6.45, 7) is 0.920. The van der Waals surface area contributed by atoms with Gasteiger partial charge in [0.15, 0.2) is 0 Å². The number of nitrogens with one attached hydrogen (secondary N) is 1. The molecule has 0 bridgehead atoms. The van der Waals surface area contributed by atoms with Crippen LogP contribution in [0.15, 0.2) is 70.9 Å². The maximum absolute atomic E-state index is 13.0. The molecule has 28 heavy (non-hydrogen) atoms. The molecule has 3 aromatic rings. The van der Waals surface area contributed by atoms with Crippen LogP contribution in [0.25, 0.3) is 0 Å². The zero-order valence-corrected chi connectivity index (χ0v) is 16.8. The number of carbonyl (C=O) groups is 1. The van der Waals surface area contributed by atoms with E-state index in [2.05, 4.69) is 4.72 Å². The van der Waals surface area contributed by atoms with E-state index >= 15 is 0 Å².